The molecule has 0 fully saturated rings. The maximum atomic E-state index is 5.98. The van der Waals surface area contributed by atoms with Gasteiger partial charge in [-0.3, -0.25) is 4.98 Å². The molecule has 81 valence electrons. The highest BCUT2D eigenvalue weighted by molar-refractivity contribution is 6.34. The number of hydrogen-bond donors (Lipinski definition) is 0. The summed E-state index contributed by atoms with van der Waals surface area (Å²) in [6.45, 7) is 0. The predicted molar refractivity (Wildman–Crippen MR) is 67.4 cm³/mol. The van der Waals surface area contributed by atoms with Gasteiger partial charge in [0.15, 0.2) is 0 Å². The van der Waals surface area contributed by atoms with E-state index in [1.807, 2.05) is 24.3 Å². The maximum absolute atomic E-state index is 5.98. The first kappa shape index (κ1) is 11.7. The molecule has 0 aliphatic heterocycles. The SMILES string of the molecule is Clc1[c]c(Cl)c(Cc2ccc(Cl)cc2)nc1. The van der Waals surface area contributed by atoms with E-state index in [0.29, 0.717) is 21.5 Å². The molecular formula is C12H7Cl3N. The summed E-state index contributed by atoms with van der Waals surface area (Å²) in [5.74, 6) is 0. The highest BCUT2D eigenvalue weighted by Gasteiger charge is 2.04. The molecule has 16 heavy (non-hydrogen) atoms. The molecule has 1 aromatic carbocycles. The first-order valence-electron chi connectivity index (χ1n) is 4.62. The third kappa shape index (κ3) is 2.88. The fraction of sp³-hybridized carbons (Fsp3) is 0.0833. The van der Waals surface area contributed by atoms with Crippen LogP contribution in [0.25, 0.3) is 0 Å². The average molecular weight is 272 g/mol. The topological polar surface area (TPSA) is 12.9 Å². The second-order valence-electron chi connectivity index (χ2n) is 3.30. The molecule has 0 aliphatic carbocycles. The van der Waals surface area contributed by atoms with E-state index >= 15 is 0 Å². The monoisotopic (exact) mass is 270 g/mol. The molecular weight excluding hydrogens is 264 g/mol. The smallest absolute Gasteiger partial charge is 0.0719 e. The molecule has 0 saturated carbocycles. The maximum Gasteiger partial charge on any atom is 0.0719 e. The summed E-state index contributed by atoms with van der Waals surface area (Å²) in [7, 11) is 0. The van der Waals surface area contributed by atoms with E-state index in [1.165, 1.54) is 0 Å². The molecule has 0 amide bonds. The Morgan fingerprint density at radius 2 is 1.75 bits per heavy atom. The summed E-state index contributed by atoms with van der Waals surface area (Å²) >= 11 is 17.5. The second-order valence-corrected chi connectivity index (χ2v) is 4.52. The summed E-state index contributed by atoms with van der Waals surface area (Å²) in [6, 6.07) is 10.4. The van der Waals surface area contributed by atoms with Crippen molar-refractivity contribution in [3.63, 3.8) is 0 Å². The molecule has 1 nitrogen and oxygen atoms in total. The Labute approximate surface area is 109 Å². The number of nitrogens with zero attached hydrogens (tertiary/aromatic N) is 1. The Bertz CT molecular complexity index is 494. The Hall–Kier alpha value is -0.760. The highest BCUT2D eigenvalue weighted by Crippen LogP contribution is 2.20. The fourth-order valence-electron chi connectivity index (χ4n) is 1.32. The summed E-state index contributed by atoms with van der Waals surface area (Å²) in [5.41, 5.74) is 1.85. The van der Waals surface area contributed by atoms with Gasteiger partial charge in [-0.05, 0) is 17.7 Å². The van der Waals surface area contributed by atoms with Gasteiger partial charge in [-0.25, -0.2) is 0 Å². The Kier molecular flexibility index (Phi) is 3.70. The zero-order valence-corrected chi connectivity index (χ0v) is 10.4. The normalized spacial score (nSPS) is 10.4. The van der Waals surface area contributed by atoms with E-state index in [-0.39, 0.29) is 0 Å². The van der Waals surface area contributed by atoms with E-state index in [0.717, 1.165) is 11.3 Å². The van der Waals surface area contributed by atoms with Gasteiger partial charge < -0.3 is 0 Å². The van der Waals surface area contributed by atoms with Crippen LogP contribution in [0.15, 0.2) is 30.5 Å². The van der Waals surface area contributed by atoms with Gasteiger partial charge in [0, 0.05) is 23.7 Å². The van der Waals surface area contributed by atoms with Crippen molar-refractivity contribution < 1.29 is 0 Å². The molecule has 0 aliphatic rings. The Morgan fingerprint density at radius 3 is 2.38 bits per heavy atom. The van der Waals surface area contributed by atoms with Crippen molar-refractivity contribution in [1.82, 2.24) is 4.98 Å². The zero-order valence-electron chi connectivity index (χ0n) is 8.17. The molecule has 0 atom stereocenters. The summed E-state index contributed by atoms with van der Waals surface area (Å²) in [4.78, 5) is 4.17. The molecule has 2 rings (SSSR count). The zero-order chi connectivity index (χ0) is 11.5. The first-order chi connectivity index (χ1) is 7.65. The predicted octanol–water partition coefficient (Wildman–Crippen LogP) is 4.43. The quantitative estimate of drug-likeness (QED) is 0.787. The first-order valence-corrected chi connectivity index (χ1v) is 5.75. The van der Waals surface area contributed by atoms with E-state index < -0.39 is 0 Å². The third-order valence-electron chi connectivity index (χ3n) is 2.10. The molecule has 1 heterocycles. The fourth-order valence-corrected chi connectivity index (χ4v) is 1.85. The van der Waals surface area contributed by atoms with Gasteiger partial charge in [-0.15, -0.1) is 0 Å². The van der Waals surface area contributed by atoms with Gasteiger partial charge in [-0.1, -0.05) is 46.9 Å². The van der Waals surface area contributed by atoms with Crippen LogP contribution in [0.4, 0.5) is 0 Å². The lowest BCUT2D eigenvalue weighted by atomic mass is 10.1. The minimum Gasteiger partial charge on any atom is -0.258 e. The molecule has 0 bridgehead atoms. The van der Waals surface area contributed by atoms with Gasteiger partial charge in [0.1, 0.15) is 0 Å². The van der Waals surface area contributed by atoms with Gasteiger partial charge >= 0.3 is 0 Å². The van der Waals surface area contributed by atoms with Crippen LogP contribution in [0.5, 0.6) is 0 Å². The summed E-state index contributed by atoms with van der Waals surface area (Å²) in [6.07, 6.45) is 2.18. The lowest BCUT2D eigenvalue weighted by molar-refractivity contribution is 1.07. The molecule has 0 unspecified atom stereocenters. The molecule has 0 N–H and O–H groups in total. The van der Waals surface area contributed by atoms with Crippen molar-refractivity contribution >= 4 is 34.8 Å². The summed E-state index contributed by atoms with van der Waals surface area (Å²) < 4.78 is 0. The van der Waals surface area contributed by atoms with Crippen molar-refractivity contribution in [3.8, 4) is 0 Å². The van der Waals surface area contributed by atoms with Crippen molar-refractivity contribution in [1.29, 1.82) is 0 Å². The van der Waals surface area contributed by atoms with E-state index in [2.05, 4.69) is 11.1 Å². The van der Waals surface area contributed by atoms with Crippen molar-refractivity contribution in [2.24, 2.45) is 0 Å². The average Bonchev–Trinajstić information content (AvgIpc) is 2.25. The number of hydrogen-bond acceptors (Lipinski definition) is 1. The lowest BCUT2D eigenvalue weighted by Gasteiger charge is -2.03. The second kappa shape index (κ2) is 5.05. The van der Waals surface area contributed by atoms with Crippen LogP contribution >= 0.6 is 34.8 Å². The summed E-state index contributed by atoms with van der Waals surface area (Å²) in [5, 5.41) is 1.60. The van der Waals surface area contributed by atoms with Gasteiger partial charge in [0.25, 0.3) is 0 Å². The van der Waals surface area contributed by atoms with Gasteiger partial charge in [0.05, 0.1) is 15.7 Å². The van der Waals surface area contributed by atoms with Crippen LogP contribution in [-0.4, -0.2) is 4.98 Å². The van der Waals surface area contributed by atoms with Crippen molar-refractivity contribution in [3.05, 3.63) is 62.9 Å². The molecule has 1 radical (unpaired) electrons. The van der Waals surface area contributed by atoms with Gasteiger partial charge in [-0.2, -0.15) is 0 Å². The molecule has 0 spiro atoms. The van der Waals surface area contributed by atoms with Crippen LogP contribution < -0.4 is 0 Å². The lowest BCUT2D eigenvalue weighted by Crippen LogP contribution is -1.93. The number of aromatic nitrogens is 1. The van der Waals surface area contributed by atoms with Crippen LogP contribution in [0.1, 0.15) is 11.3 Å². The number of halogens is 3. The van der Waals surface area contributed by atoms with Crippen LogP contribution in [0, 0.1) is 6.07 Å². The minimum atomic E-state index is 0.421. The standard InChI is InChI=1S/C12H7Cl3N/c13-9-3-1-8(2-4-9)5-12-11(15)6-10(14)7-16-12/h1-4,7H,5H2. The van der Waals surface area contributed by atoms with Crippen molar-refractivity contribution in [2.75, 3.05) is 0 Å². The highest BCUT2D eigenvalue weighted by atomic mass is 35.5. The number of pyridine rings is 1. The van der Waals surface area contributed by atoms with Crippen LogP contribution in [0.3, 0.4) is 0 Å². The van der Waals surface area contributed by atoms with Crippen LogP contribution in [0.2, 0.25) is 15.1 Å². The van der Waals surface area contributed by atoms with E-state index in [4.69, 9.17) is 34.8 Å². The minimum absolute atomic E-state index is 0.421. The van der Waals surface area contributed by atoms with Crippen molar-refractivity contribution in [2.45, 2.75) is 6.42 Å². The number of rotatable bonds is 2. The Balaban J connectivity index is 2.23. The molecule has 0 saturated heterocycles. The van der Waals surface area contributed by atoms with E-state index in [9.17, 15) is 0 Å². The molecule has 1 aromatic heterocycles. The molecule has 2 aromatic rings. The largest absolute Gasteiger partial charge is 0.258 e. The van der Waals surface area contributed by atoms with Crippen LogP contribution in [-0.2, 0) is 6.42 Å². The third-order valence-corrected chi connectivity index (χ3v) is 2.86. The molecule has 4 heteroatoms. The van der Waals surface area contributed by atoms with Gasteiger partial charge in [0.2, 0.25) is 0 Å². The Morgan fingerprint density at radius 1 is 1.06 bits per heavy atom. The van der Waals surface area contributed by atoms with E-state index in [1.54, 1.807) is 6.20 Å². The number of benzene rings is 1.